The third-order valence-corrected chi connectivity index (χ3v) is 7.35. The lowest BCUT2D eigenvalue weighted by atomic mass is 9.98. The van der Waals surface area contributed by atoms with Crippen LogP contribution in [0.4, 0.5) is 4.79 Å². The molecule has 3 aromatic rings. The van der Waals surface area contributed by atoms with E-state index in [9.17, 15) is 20.0 Å². The number of nitrogens with two attached hydrogens (primary N) is 2. The maximum absolute atomic E-state index is 12.2. The number of hydrogen-bond donors (Lipinski definition) is 3. The van der Waals surface area contributed by atoms with Crippen LogP contribution in [0.1, 0.15) is 55.5 Å². The van der Waals surface area contributed by atoms with Crippen LogP contribution >= 0.6 is 11.8 Å². The largest absolute Gasteiger partial charge is 0.446 e. The van der Waals surface area contributed by atoms with E-state index in [1.165, 1.54) is 11.8 Å². The molecule has 13 nitrogen and oxygen atoms in total. The zero-order chi connectivity index (χ0) is 31.6. The summed E-state index contributed by atoms with van der Waals surface area (Å²) in [6.45, 7) is 8.19. The summed E-state index contributed by atoms with van der Waals surface area (Å²) in [6, 6.07) is 15.4. The van der Waals surface area contributed by atoms with Crippen LogP contribution < -0.4 is 11.6 Å². The number of aromatic nitrogens is 2. The molecule has 3 rings (SSSR count). The number of hydrazine groups is 1. The van der Waals surface area contributed by atoms with Crippen molar-refractivity contribution in [3.63, 3.8) is 0 Å². The third kappa shape index (κ3) is 9.43. The molecule has 0 aliphatic heterocycles. The Morgan fingerprint density at radius 3 is 2.51 bits per heavy atom. The molecule has 0 radical (unpaired) electrons. The first-order chi connectivity index (χ1) is 20.4. The maximum atomic E-state index is 12.2. The van der Waals surface area contributed by atoms with Crippen molar-refractivity contribution in [2.24, 2.45) is 16.7 Å². The second-order valence-corrected chi connectivity index (χ2v) is 11.4. The van der Waals surface area contributed by atoms with Gasteiger partial charge in [-0.2, -0.15) is 11.8 Å². The third-order valence-electron chi connectivity index (χ3n) is 6.44. The normalized spacial score (nSPS) is 11.8. The molecule has 1 amide bonds. The number of benzene rings is 2. The van der Waals surface area contributed by atoms with Gasteiger partial charge in [0.2, 0.25) is 0 Å². The molecule has 0 atom stereocenters. The predicted octanol–water partition coefficient (Wildman–Crippen LogP) is 3.96. The van der Waals surface area contributed by atoms with Crippen molar-refractivity contribution < 1.29 is 24.6 Å². The smallest absolute Gasteiger partial charge is 0.445 e. The van der Waals surface area contributed by atoms with E-state index in [0.717, 1.165) is 41.1 Å². The molecule has 0 aliphatic rings. The average Bonchev–Trinajstić information content (AvgIpc) is 3.27. The van der Waals surface area contributed by atoms with Gasteiger partial charge in [-0.1, -0.05) is 55.5 Å². The van der Waals surface area contributed by atoms with E-state index in [1.807, 2.05) is 49.4 Å². The number of rotatable bonds is 15. The molecule has 0 unspecified atom stereocenters. The number of hydrogen-bond acceptors (Lipinski definition) is 10. The number of imidazole rings is 1. The van der Waals surface area contributed by atoms with Crippen LogP contribution in [-0.4, -0.2) is 61.5 Å². The maximum Gasteiger partial charge on any atom is 0.445 e. The summed E-state index contributed by atoms with van der Waals surface area (Å²) < 4.78 is 7.24. The van der Waals surface area contributed by atoms with Gasteiger partial charge in [0.15, 0.2) is 5.84 Å². The minimum absolute atomic E-state index is 0.0304. The first-order valence-corrected chi connectivity index (χ1v) is 15.0. The highest BCUT2D eigenvalue weighted by atomic mass is 32.2. The van der Waals surface area contributed by atoms with Crippen molar-refractivity contribution in [2.75, 3.05) is 24.7 Å². The van der Waals surface area contributed by atoms with Gasteiger partial charge >= 0.3 is 6.09 Å². The molecule has 0 saturated carbocycles. The minimum atomic E-state index is -1.03. The van der Waals surface area contributed by atoms with Gasteiger partial charge < -0.3 is 25.0 Å². The van der Waals surface area contributed by atoms with Crippen LogP contribution in [0.5, 0.6) is 0 Å². The fourth-order valence-corrected chi connectivity index (χ4v) is 5.06. The number of carbonyl (C=O) groups excluding carboxylic acids is 1. The number of hydrazone groups is 1. The topological polar surface area (TPSA) is 184 Å². The first-order valence-electron chi connectivity index (χ1n) is 13.8. The molecule has 0 bridgehead atoms. The molecule has 1 heterocycles. The van der Waals surface area contributed by atoms with Crippen LogP contribution in [-0.2, 0) is 28.1 Å². The van der Waals surface area contributed by atoms with E-state index >= 15 is 0 Å². The van der Waals surface area contributed by atoms with Crippen molar-refractivity contribution in [1.29, 1.82) is 0 Å². The molecule has 43 heavy (non-hydrogen) atoms. The molecule has 0 fully saturated rings. The number of amidine groups is 1. The van der Waals surface area contributed by atoms with Gasteiger partial charge in [-0.25, -0.2) is 15.6 Å². The van der Waals surface area contributed by atoms with E-state index in [-0.39, 0.29) is 19.0 Å². The Kier molecular flexibility index (Phi) is 11.9. The van der Waals surface area contributed by atoms with Gasteiger partial charge in [0.25, 0.3) is 5.09 Å². The van der Waals surface area contributed by atoms with Crippen molar-refractivity contribution in [3.8, 4) is 11.1 Å². The lowest BCUT2D eigenvalue weighted by Gasteiger charge is -2.16. The van der Waals surface area contributed by atoms with Crippen molar-refractivity contribution >= 4 is 23.7 Å². The van der Waals surface area contributed by atoms with E-state index in [0.29, 0.717) is 34.4 Å². The van der Waals surface area contributed by atoms with Gasteiger partial charge in [0.1, 0.15) is 24.6 Å². The van der Waals surface area contributed by atoms with Gasteiger partial charge in [0, 0.05) is 35.7 Å². The highest BCUT2D eigenvalue weighted by Crippen LogP contribution is 2.27. The molecule has 2 aromatic carbocycles. The van der Waals surface area contributed by atoms with Crippen molar-refractivity contribution in [1.82, 2.24) is 14.7 Å². The zero-order valence-corrected chi connectivity index (χ0v) is 25.7. The number of ether oxygens (including phenoxy) is 1. The Hall–Kier alpha value is -4.14. The Morgan fingerprint density at radius 2 is 1.86 bits per heavy atom. The number of thioether (sulfide) groups is 1. The standard InChI is InChI=1S/C29H39N7O6S/c1-5-8-25-32-26(29(3,4)38)20(2)34(25)19-21-11-13-22(14-12-21)23-9-6-7-10-24(23)27(30)33-35(31)28(37)41-15-17-43-18-16-42-36(39)40/h6-7,9-14,38H,5,8,15-19,31H2,1-4H3,(H2,30,33). The highest BCUT2D eigenvalue weighted by Gasteiger charge is 2.25. The Balaban J connectivity index is 1.69. The monoisotopic (exact) mass is 613 g/mol. The summed E-state index contributed by atoms with van der Waals surface area (Å²) in [7, 11) is 0. The quantitative estimate of drug-likeness (QED) is 0.0431. The first kappa shape index (κ1) is 33.4. The van der Waals surface area contributed by atoms with Gasteiger partial charge in [-0.05, 0) is 43.9 Å². The predicted molar refractivity (Wildman–Crippen MR) is 166 cm³/mol. The fourth-order valence-electron chi connectivity index (χ4n) is 4.46. The van der Waals surface area contributed by atoms with Crippen LogP contribution in [0.15, 0.2) is 53.6 Å². The van der Waals surface area contributed by atoms with Gasteiger partial charge in [-0.15, -0.1) is 20.3 Å². The lowest BCUT2D eigenvalue weighted by Crippen LogP contribution is -2.36. The molecule has 5 N–H and O–H groups in total. The van der Waals surface area contributed by atoms with Crippen molar-refractivity contribution in [2.45, 2.75) is 52.7 Å². The summed E-state index contributed by atoms with van der Waals surface area (Å²) in [4.78, 5) is 31.3. The van der Waals surface area contributed by atoms with Gasteiger partial charge in [-0.3, -0.25) is 0 Å². The van der Waals surface area contributed by atoms with E-state index in [1.54, 1.807) is 19.9 Å². The zero-order valence-electron chi connectivity index (χ0n) is 24.9. The summed E-state index contributed by atoms with van der Waals surface area (Å²) >= 11 is 1.32. The second-order valence-electron chi connectivity index (χ2n) is 10.2. The second kappa shape index (κ2) is 15.4. The average molecular weight is 614 g/mol. The molecule has 1 aromatic heterocycles. The van der Waals surface area contributed by atoms with E-state index < -0.39 is 16.8 Å². The summed E-state index contributed by atoms with van der Waals surface area (Å²) in [5, 5.41) is 24.4. The fraction of sp³-hybridized carbons (Fsp3) is 0.414. The summed E-state index contributed by atoms with van der Waals surface area (Å²) in [5.74, 6) is 7.53. The molecular formula is C29H39N7O6S. The number of carbonyl (C=O) groups is 1. The molecule has 232 valence electrons. The Labute approximate surface area is 254 Å². The number of nitrogens with zero attached hydrogens (tertiary/aromatic N) is 5. The Morgan fingerprint density at radius 1 is 1.19 bits per heavy atom. The van der Waals surface area contributed by atoms with Crippen LogP contribution in [0.3, 0.4) is 0 Å². The van der Waals surface area contributed by atoms with E-state index in [4.69, 9.17) is 21.3 Å². The van der Waals surface area contributed by atoms with Crippen LogP contribution in [0.2, 0.25) is 0 Å². The minimum Gasteiger partial charge on any atom is -0.446 e. The van der Waals surface area contributed by atoms with Crippen LogP contribution in [0, 0.1) is 17.0 Å². The molecule has 0 aliphatic carbocycles. The van der Waals surface area contributed by atoms with Crippen LogP contribution in [0.25, 0.3) is 11.1 Å². The molecule has 0 spiro atoms. The Bertz CT molecular complexity index is 1420. The molecule has 14 heteroatoms. The summed E-state index contributed by atoms with van der Waals surface area (Å²) in [5.41, 5.74) is 10.2. The SMILES string of the molecule is CCCc1nc(C(C)(C)O)c(C)n1Cc1ccc(-c2ccccc2/C(N)=N/N(N)C(=O)OCCSCCO[N+](=O)[O-])cc1. The number of amides is 1. The molecule has 0 saturated heterocycles. The lowest BCUT2D eigenvalue weighted by molar-refractivity contribution is -0.756. The number of aryl methyl sites for hydroxylation is 1. The van der Waals surface area contributed by atoms with Gasteiger partial charge in [0.05, 0.1) is 5.69 Å². The summed E-state index contributed by atoms with van der Waals surface area (Å²) in [6.07, 6.45) is 0.866. The highest BCUT2D eigenvalue weighted by molar-refractivity contribution is 7.99. The van der Waals surface area contributed by atoms with E-state index in [2.05, 4.69) is 21.4 Å². The van der Waals surface area contributed by atoms with Crippen molar-refractivity contribution in [3.05, 3.63) is 87.0 Å². The molecular weight excluding hydrogens is 574 g/mol. The number of aliphatic hydroxyl groups is 1.